The molecule has 232 valence electrons. The van der Waals surface area contributed by atoms with Gasteiger partial charge in [-0.15, -0.1) is 13.2 Å². The molecule has 0 heterocycles. The summed E-state index contributed by atoms with van der Waals surface area (Å²) in [6.45, 7) is 21.4. The third-order valence-corrected chi connectivity index (χ3v) is 12.9. The van der Waals surface area contributed by atoms with Crippen molar-refractivity contribution < 1.29 is 18.6 Å². The van der Waals surface area contributed by atoms with Crippen molar-refractivity contribution in [3.05, 3.63) is 133 Å². The Kier molecular flexibility index (Phi) is 13.6. The Bertz CT molecular complexity index is 1210. The third-order valence-electron chi connectivity index (χ3n) is 8.34. The molecule has 0 aliphatic heterocycles. The Hall–Kier alpha value is -2.80. The van der Waals surface area contributed by atoms with Gasteiger partial charge in [-0.05, 0) is 54.1 Å². The Balaban J connectivity index is 2.06. The number of allylic oxidation sites excluding steroid dienone is 1. The van der Waals surface area contributed by atoms with E-state index in [0.29, 0.717) is 26.4 Å². The normalized spacial score (nSPS) is 14.9. The lowest BCUT2D eigenvalue weighted by molar-refractivity contribution is -0.183. The van der Waals surface area contributed by atoms with Crippen LogP contribution in [0.2, 0.25) is 18.1 Å². The Morgan fingerprint density at radius 2 is 1.21 bits per heavy atom. The van der Waals surface area contributed by atoms with Crippen LogP contribution in [0.1, 0.15) is 56.7 Å². The van der Waals surface area contributed by atoms with Crippen LogP contribution < -0.4 is 0 Å². The van der Waals surface area contributed by atoms with E-state index in [1.165, 1.54) is 0 Å². The highest BCUT2D eigenvalue weighted by atomic mass is 28.4. The average molecular weight is 601 g/mol. The second-order valence-electron chi connectivity index (χ2n) is 12.8. The van der Waals surface area contributed by atoms with Crippen LogP contribution in [-0.4, -0.2) is 32.7 Å². The SMILES string of the molecule is C=CCCC[C@](COCc1ccccc1)(O[Si](C)(C)C(C)(C)C)[C@@H](OCc1ccccc1)[C@@H](C=C)OCc1ccccc1. The Morgan fingerprint density at radius 3 is 1.67 bits per heavy atom. The molecule has 3 atom stereocenters. The number of hydrogen-bond acceptors (Lipinski definition) is 4. The van der Waals surface area contributed by atoms with Gasteiger partial charge in [-0.1, -0.05) is 124 Å². The summed E-state index contributed by atoms with van der Waals surface area (Å²) >= 11 is 0. The van der Waals surface area contributed by atoms with Crippen LogP contribution in [0.25, 0.3) is 0 Å². The Morgan fingerprint density at radius 1 is 0.721 bits per heavy atom. The summed E-state index contributed by atoms with van der Waals surface area (Å²) in [4.78, 5) is 0. The molecule has 0 spiro atoms. The van der Waals surface area contributed by atoms with Crippen LogP contribution in [0.4, 0.5) is 0 Å². The van der Waals surface area contributed by atoms with Gasteiger partial charge >= 0.3 is 0 Å². The lowest BCUT2D eigenvalue weighted by Crippen LogP contribution is -2.61. The van der Waals surface area contributed by atoms with Crippen molar-refractivity contribution >= 4 is 8.32 Å². The molecular formula is C38H52O4Si. The minimum Gasteiger partial charge on any atom is -0.406 e. The molecule has 0 aliphatic rings. The van der Waals surface area contributed by atoms with E-state index >= 15 is 0 Å². The zero-order valence-electron chi connectivity index (χ0n) is 27.0. The molecule has 0 bridgehead atoms. The van der Waals surface area contributed by atoms with Gasteiger partial charge in [0.05, 0.1) is 26.4 Å². The first kappa shape index (κ1) is 34.7. The predicted octanol–water partition coefficient (Wildman–Crippen LogP) is 9.68. The molecular weight excluding hydrogens is 549 g/mol. The van der Waals surface area contributed by atoms with Gasteiger partial charge in [0.2, 0.25) is 0 Å². The van der Waals surface area contributed by atoms with Crippen molar-refractivity contribution in [3.63, 3.8) is 0 Å². The van der Waals surface area contributed by atoms with Crippen molar-refractivity contribution in [2.24, 2.45) is 0 Å². The molecule has 3 aromatic carbocycles. The summed E-state index contributed by atoms with van der Waals surface area (Å²) in [5, 5.41) is -0.0192. The minimum absolute atomic E-state index is 0.0192. The van der Waals surface area contributed by atoms with Gasteiger partial charge < -0.3 is 18.6 Å². The van der Waals surface area contributed by atoms with E-state index < -0.39 is 26.1 Å². The second kappa shape index (κ2) is 16.9. The zero-order chi connectivity index (χ0) is 31.2. The molecule has 0 saturated carbocycles. The smallest absolute Gasteiger partial charge is 0.193 e. The lowest BCUT2D eigenvalue weighted by atomic mass is 9.87. The maximum Gasteiger partial charge on any atom is 0.193 e. The van der Waals surface area contributed by atoms with Crippen LogP contribution in [0.15, 0.2) is 116 Å². The highest BCUT2D eigenvalue weighted by molar-refractivity contribution is 6.74. The third kappa shape index (κ3) is 10.7. The highest BCUT2D eigenvalue weighted by Gasteiger charge is 2.51. The number of hydrogen-bond donors (Lipinski definition) is 0. The van der Waals surface area contributed by atoms with E-state index in [-0.39, 0.29) is 5.04 Å². The summed E-state index contributed by atoms with van der Waals surface area (Å²) in [5.41, 5.74) is 2.53. The molecule has 5 heteroatoms. The molecule has 0 aliphatic carbocycles. The van der Waals surface area contributed by atoms with Gasteiger partial charge in [0.25, 0.3) is 0 Å². The predicted molar refractivity (Wildman–Crippen MR) is 181 cm³/mol. The summed E-state index contributed by atoms with van der Waals surface area (Å²) in [7, 11) is -2.32. The monoisotopic (exact) mass is 600 g/mol. The van der Waals surface area contributed by atoms with Crippen molar-refractivity contribution in [2.45, 2.75) is 95.8 Å². The van der Waals surface area contributed by atoms with Crippen LogP contribution in [-0.2, 0) is 38.5 Å². The zero-order valence-corrected chi connectivity index (χ0v) is 28.0. The van der Waals surface area contributed by atoms with E-state index in [1.54, 1.807) is 0 Å². The molecule has 0 fully saturated rings. The van der Waals surface area contributed by atoms with Crippen LogP contribution >= 0.6 is 0 Å². The van der Waals surface area contributed by atoms with E-state index in [1.807, 2.05) is 66.7 Å². The largest absolute Gasteiger partial charge is 0.406 e. The number of rotatable bonds is 19. The van der Waals surface area contributed by atoms with Crippen molar-refractivity contribution in [3.8, 4) is 0 Å². The van der Waals surface area contributed by atoms with Gasteiger partial charge in [0.1, 0.15) is 17.8 Å². The first-order valence-electron chi connectivity index (χ1n) is 15.5. The average Bonchev–Trinajstić information content (AvgIpc) is 2.99. The van der Waals surface area contributed by atoms with Crippen molar-refractivity contribution in [1.29, 1.82) is 0 Å². The van der Waals surface area contributed by atoms with Crippen LogP contribution in [0.3, 0.4) is 0 Å². The highest BCUT2D eigenvalue weighted by Crippen LogP contribution is 2.43. The van der Waals surface area contributed by atoms with E-state index in [9.17, 15) is 0 Å². The topological polar surface area (TPSA) is 36.9 Å². The van der Waals surface area contributed by atoms with Gasteiger partial charge in [-0.2, -0.15) is 0 Å². The number of ether oxygens (including phenoxy) is 3. The lowest BCUT2D eigenvalue weighted by Gasteiger charge is -2.50. The molecule has 3 rings (SSSR count). The summed E-state index contributed by atoms with van der Waals surface area (Å²) in [5.74, 6) is 0. The number of unbranched alkanes of at least 4 members (excludes halogenated alkanes) is 1. The van der Waals surface area contributed by atoms with E-state index in [2.05, 4.69) is 83.4 Å². The standard InChI is InChI=1S/C38H52O4Si/c1-8-10-20-27-38(42-43(6,7)37(3,4)5,31-39-28-32-21-14-11-15-22-32)36(41-30-34-25-18-13-19-26-34)35(9-2)40-29-33-23-16-12-17-24-33/h8-9,11-19,21-26,35-36H,1-2,10,20,27-31H2,3-7H3/t35-,36+,38-/m1/s1. The first-order valence-corrected chi connectivity index (χ1v) is 18.4. The summed E-state index contributed by atoms with van der Waals surface area (Å²) < 4.78 is 27.6. The quantitative estimate of drug-likeness (QED) is 0.0780. The second-order valence-corrected chi connectivity index (χ2v) is 17.5. The van der Waals surface area contributed by atoms with Crippen molar-refractivity contribution in [1.82, 2.24) is 0 Å². The van der Waals surface area contributed by atoms with E-state index in [0.717, 1.165) is 36.0 Å². The molecule has 0 radical (unpaired) electrons. The fraction of sp³-hybridized carbons (Fsp3) is 0.421. The van der Waals surface area contributed by atoms with Gasteiger partial charge in [-0.3, -0.25) is 0 Å². The van der Waals surface area contributed by atoms with Gasteiger partial charge in [0.15, 0.2) is 8.32 Å². The molecule has 0 N–H and O–H groups in total. The van der Waals surface area contributed by atoms with E-state index in [4.69, 9.17) is 18.6 Å². The van der Waals surface area contributed by atoms with Gasteiger partial charge in [-0.25, -0.2) is 0 Å². The Labute approximate surface area is 261 Å². The molecule has 0 unspecified atom stereocenters. The minimum atomic E-state index is -2.32. The van der Waals surface area contributed by atoms with Gasteiger partial charge in [0, 0.05) is 0 Å². The number of benzene rings is 3. The molecule has 0 aromatic heterocycles. The molecule has 3 aromatic rings. The fourth-order valence-electron chi connectivity index (χ4n) is 4.91. The van der Waals surface area contributed by atoms with Crippen LogP contribution in [0, 0.1) is 0 Å². The molecule has 0 amide bonds. The maximum atomic E-state index is 7.49. The summed E-state index contributed by atoms with van der Waals surface area (Å²) in [6.07, 6.45) is 5.43. The summed E-state index contributed by atoms with van der Waals surface area (Å²) in [6, 6.07) is 30.8. The fourth-order valence-corrected chi connectivity index (χ4v) is 6.51. The molecule has 4 nitrogen and oxygen atoms in total. The molecule has 0 saturated heterocycles. The van der Waals surface area contributed by atoms with Crippen LogP contribution in [0.5, 0.6) is 0 Å². The maximum absolute atomic E-state index is 7.49. The molecule has 43 heavy (non-hydrogen) atoms. The van der Waals surface area contributed by atoms with Crippen molar-refractivity contribution in [2.75, 3.05) is 6.61 Å². The first-order chi connectivity index (χ1) is 20.6.